The molecule has 0 radical (unpaired) electrons. The van der Waals surface area contributed by atoms with E-state index in [-0.39, 0.29) is 5.91 Å². The highest BCUT2D eigenvalue weighted by molar-refractivity contribution is 5.94. The minimum atomic E-state index is -0.126. The highest BCUT2D eigenvalue weighted by Gasteiger charge is 2.08. The highest BCUT2D eigenvalue weighted by Crippen LogP contribution is 2.22. The lowest BCUT2D eigenvalue weighted by Gasteiger charge is -2.10. The van der Waals surface area contributed by atoms with E-state index in [1.54, 1.807) is 19.2 Å². The second-order valence-electron chi connectivity index (χ2n) is 5.76. The Morgan fingerprint density at radius 1 is 0.885 bits per heavy atom. The average molecular weight is 347 g/mol. The molecule has 3 aromatic carbocycles. The molecule has 0 fully saturated rings. The Hall–Kier alpha value is -3.27. The average Bonchev–Trinajstić information content (AvgIpc) is 2.69. The summed E-state index contributed by atoms with van der Waals surface area (Å²) in [7, 11) is 1.65. The molecule has 0 bridgehead atoms. The van der Waals surface area contributed by atoms with Gasteiger partial charge in [0, 0.05) is 12.1 Å². The third-order valence-corrected chi connectivity index (χ3v) is 3.95. The molecule has 0 saturated heterocycles. The molecular formula is C22H21NO3. The van der Waals surface area contributed by atoms with Crippen LogP contribution in [0.1, 0.15) is 15.9 Å². The molecule has 3 rings (SSSR count). The van der Waals surface area contributed by atoms with Crippen LogP contribution in [0, 0.1) is 0 Å². The van der Waals surface area contributed by atoms with Gasteiger partial charge in [-0.2, -0.15) is 0 Å². The fraction of sp³-hybridized carbons (Fsp3) is 0.136. The van der Waals surface area contributed by atoms with Gasteiger partial charge < -0.3 is 14.8 Å². The molecule has 3 aromatic rings. The van der Waals surface area contributed by atoms with Gasteiger partial charge in [-0.15, -0.1) is 0 Å². The smallest absolute Gasteiger partial charge is 0.251 e. The van der Waals surface area contributed by atoms with Crippen LogP contribution < -0.4 is 14.8 Å². The van der Waals surface area contributed by atoms with E-state index in [1.165, 1.54) is 0 Å². The number of methoxy groups -OCH3 is 1. The zero-order chi connectivity index (χ0) is 18.2. The van der Waals surface area contributed by atoms with Crippen LogP contribution in [0.2, 0.25) is 0 Å². The first-order chi connectivity index (χ1) is 12.8. The lowest BCUT2D eigenvalue weighted by Crippen LogP contribution is -2.25. The second-order valence-corrected chi connectivity index (χ2v) is 5.76. The van der Waals surface area contributed by atoms with Crippen LogP contribution in [-0.2, 0) is 6.42 Å². The van der Waals surface area contributed by atoms with Crippen molar-refractivity contribution in [1.29, 1.82) is 0 Å². The Morgan fingerprint density at radius 2 is 1.62 bits per heavy atom. The molecule has 0 aliphatic carbocycles. The third kappa shape index (κ3) is 4.63. The summed E-state index contributed by atoms with van der Waals surface area (Å²) in [5.74, 6) is 2.08. The van der Waals surface area contributed by atoms with Crippen molar-refractivity contribution in [2.75, 3.05) is 13.7 Å². The maximum atomic E-state index is 12.4. The van der Waals surface area contributed by atoms with Crippen LogP contribution in [0.15, 0.2) is 78.9 Å². The molecule has 26 heavy (non-hydrogen) atoms. The Kier molecular flexibility index (Phi) is 5.88. The summed E-state index contributed by atoms with van der Waals surface area (Å²) in [5, 5.41) is 2.94. The maximum absolute atomic E-state index is 12.4. The number of nitrogens with one attached hydrogen (secondary N) is 1. The van der Waals surface area contributed by atoms with E-state index in [4.69, 9.17) is 9.47 Å². The van der Waals surface area contributed by atoms with E-state index in [1.807, 2.05) is 66.7 Å². The van der Waals surface area contributed by atoms with Gasteiger partial charge in [0.05, 0.1) is 7.11 Å². The van der Waals surface area contributed by atoms with Gasteiger partial charge in [0.25, 0.3) is 5.91 Å². The Morgan fingerprint density at radius 3 is 2.42 bits per heavy atom. The Labute approximate surface area is 153 Å². The van der Waals surface area contributed by atoms with Crippen LogP contribution in [0.5, 0.6) is 17.2 Å². The minimum absolute atomic E-state index is 0.126. The van der Waals surface area contributed by atoms with Gasteiger partial charge in [-0.25, -0.2) is 0 Å². The largest absolute Gasteiger partial charge is 0.496 e. The van der Waals surface area contributed by atoms with Gasteiger partial charge in [0.15, 0.2) is 0 Å². The predicted molar refractivity (Wildman–Crippen MR) is 102 cm³/mol. The summed E-state index contributed by atoms with van der Waals surface area (Å²) in [4.78, 5) is 12.4. The number of amides is 1. The van der Waals surface area contributed by atoms with Crippen molar-refractivity contribution >= 4 is 5.91 Å². The molecule has 4 heteroatoms. The highest BCUT2D eigenvalue weighted by atomic mass is 16.5. The van der Waals surface area contributed by atoms with Crippen molar-refractivity contribution in [3.63, 3.8) is 0 Å². The first kappa shape index (κ1) is 17.5. The van der Waals surface area contributed by atoms with Gasteiger partial charge in [-0.1, -0.05) is 42.5 Å². The van der Waals surface area contributed by atoms with Crippen LogP contribution in [-0.4, -0.2) is 19.6 Å². The lowest BCUT2D eigenvalue weighted by molar-refractivity contribution is 0.0953. The number of benzene rings is 3. The summed E-state index contributed by atoms with van der Waals surface area (Å²) < 4.78 is 11.1. The Bertz CT molecular complexity index is 862. The summed E-state index contributed by atoms with van der Waals surface area (Å²) in [5.41, 5.74) is 1.63. The predicted octanol–water partition coefficient (Wildman–Crippen LogP) is 4.46. The van der Waals surface area contributed by atoms with E-state index in [2.05, 4.69) is 5.32 Å². The number of ether oxygens (including phenoxy) is 2. The summed E-state index contributed by atoms with van der Waals surface area (Å²) in [6, 6.07) is 24.5. The molecule has 4 nitrogen and oxygen atoms in total. The molecule has 1 amide bonds. The number of hydrogen-bond acceptors (Lipinski definition) is 3. The fourth-order valence-electron chi connectivity index (χ4n) is 2.65. The fourth-order valence-corrected chi connectivity index (χ4v) is 2.65. The normalized spacial score (nSPS) is 10.2. The molecular weight excluding hydrogens is 326 g/mol. The van der Waals surface area contributed by atoms with Gasteiger partial charge in [-0.3, -0.25) is 4.79 Å². The van der Waals surface area contributed by atoms with Gasteiger partial charge in [-0.05, 0) is 48.4 Å². The summed E-state index contributed by atoms with van der Waals surface area (Å²) in [6.45, 7) is 0.531. The maximum Gasteiger partial charge on any atom is 0.251 e. The van der Waals surface area contributed by atoms with Crippen molar-refractivity contribution in [3.8, 4) is 17.2 Å². The lowest BCUT2D eigenvalue weighted by atomic mass is 10.1. The Balaban J connectivity index is 1.59. The van der Waals surface area contributed by atoms with Crippen molar-refractivity contribution in [2.24, 2.45) is 0 Å². The van der Waals surface area contributed by atoms with E-state index in [9.17, 15) is 4.79 Å². The molecule has 0 aliphatic heterocycles. The quantitative estimate of drug-likeness (QED) is 0.686. The monoisotopic (exact) mass is 347 g/mol. The minimum Gasteiger partial charge on any atom is -0.496 e. The third-order valence-electron chi connectivity index (χ3n) is 3.95. The molecule has 0 atom stereocenters. The number of carbonyl (C=O) groups excluding carboxylic acids is 1. The van der Waals surface area contributed by atoms with Crippen LogP contribution in [0.4, 0.5) is 0 Å². The number of hydrogen-bond donors (Lipinski definition) is 1. The van der Waals surface area contributed by atoms with E-state index >= 15 is 0 Å². The molecule has 0 aromatic heterocycles. The zero-order valence-corrected chi connectivity index (χ0v) is 14.6. The number of carbonyl (C=O) groups is 1. The van der Waals surface area contributed by atoms with Crippen molar-refractivity contribution in [3.05, 3.63) is 90.0 Å². The second kappa shape index (κ2) is 8.72. The van der Waals surface area contributed by atoms with Crippen LogP contribution >= 0.6 is 0 Å². The standard InChI is InChI=1S/C22H21NO3/c1-25-21-13-6-5-8-17(21)14-15-23-22(24)18-9-7-12-20(16-18)26-19-10-3-2-4-11-19/h2-13,16H,14-15H2,1H3,(H,23,24). The number of para-hydroxylation sites is 2. The van der Waals surface area contributed by atoms with E-state index in [0.717, 1.165) is 17.1 Å². The van der Waals surface area contributed by atoms with Gasteiger partial charge >= 0.3 is 0 Å². The first-order valence-electron chi connectivity index (χ1n) is 8.49. The SMILES string of the molecule is COc1ccccc1CCNC(=O)c1cccc(Oc2ccccc2)c1. The molecule has 132 valence electrons. The first-order valence-corrected chi connectivity index (χ1v) is 8.49. The van der Waals surface area contributed by atoms with Crippen molar-refractivity contribution in [2.45, 2.75) is 6.42 Å². The summed E-state index contributed by atoms with van der Waals surface area (Å²) >= 11 is 0. The topological polar surface area (TPSA) is 47.6 Å². The molecule has 1 N–H and O–H groups in total. The van der Waals surface area contributed by atoms with Gasteiger partial charge in [0.1, 0.15) is 17.2 Å². The molecule has 0 spiro atoms. The molecule has 0 unspecified atom stereocenters. The van der Waals surface area contributed by atoms with E-state index in [0.29, 0.717) is 24.3 Å². The van der Waals surface area contributed by atoms with Crippen LogP contribution in [0.3, 0.4) is 0 Å². The molecule has 0 aliphatic rings. The van der Waals surface area contributed by atoms with E-state index < -0.39 is 0 Å². The summed E-state index contributed by atoms with van der Waals surface area (Å²) in [6.07, 6.45) is 0.704. The number of rotatable bonds is 7. The molecule has 0 saturated carbocycles. The van der Waals surface area contributed by atoms with Crippen molar-refractivity contribution in [1.82, 2.24) is 5.32 Å². The zero-order valence-electron chi connectivity index (χ0n) is 14.6. The van der Waals surface area contributed by atoms with Crippen LogP contribution in [0.25, 0.3) is 0 Å². The van der Waals surface area contributed by atoms with Crippen molar-refractivity contribution < 1.29 is 14.3 Å². The molecule has 0 heterocycles. The van der Waals surface area contributed by atoms with Gasteiger partial charge in [0.2, 0.25) is 0 Å².